The molecular weight excluding hydrogens is 547 g/mol. The van der Waals surface area contributed by atoms with Crippen LogP contribution in [-0.2, 0) is 29.3 Å². The van der Waals surface area contributed by atoms with E-state index in [9.17, 15) is 26.4 Å². The van der Waals surface area contributed by atoms with E-state index in [0.29, 0.717) is 36.8 Å². The lowest BCUT2D eigenvalue weighted by Gasteiger charge is -2.41. The fourth-order valence-corrected chi connectivity index (χ4v) is 5.62. The minimum absolute atomic E-state index is 0.0440. The average molecular weight is 576 g/mol. The zero-order valence-corrected chi connectivity index (χ0v) is 22.6. The Morgan fingerprint density at radius 2 is 1.85 bits per heavy atom. The summed E-state index contributed by atoms with van der Waals surface area (Å²) in [7, 11) is -3.51. The van der Waals surface area contributed by atoms with Crippen molar-refractivity contribution in [2.24, 2.45) is 0 Å². The molecule has 0 spiro atoms. The first-order valence-corrected chi connectivity index (χ1v) is 14.5. The van der Waals surface area contributed by atoms with Crippen LogP contribution >= 0.6 is 0 Å². The van der Waals surface area contributed by atoms with Crippen LogP contribution in [0.25, 0.3) is 0 Å². The Balaban J connectivity index is 1.19. The van der Waals surface area contributed by atoms with Crippen LogP contribution in [0.15, 0.2) is 48.8 Å². The van der Waals surface area contributed by atoms with Gasteiger partial charge in [0.1, 0.15) is 5.82 Å². The molecule has 0 aliphatic carbocycles. The van der Waals surface area contributed by atoms with Gasteiger partial charge in [0.2, 0.25) is 16.0 Å². The smallest absolute Gasteiger partial charge is 0.336 e. The Kier molecular flexibility index (Phi) is 7.40. The summed E-state index contributed by atoms with van der Waals surface area (Å²) in [6.45, 7) is 3.82. The lowest BCUT2D eigenvalue weighted by Crippen LogP contribution is -2.50. The molecule has 1 amide bonds. The van der Waals surface area contributed by atoms with Crippen LogP contribution in [0.2, 0.25) is 0 Å². The van der Waals surface area contributed by atoms with Crippen molar-refractivity contribution in [3.63, 3.8) is 0 Å². The van der Waals surface area contributed by atoms with Crippen molar-refractivity contribution in [3.05, 3.63) is 71.2 Å². The quantitative estimate of drug-likeness (QED) is 0.453. The van der Waals surface area contributed by atoms with Crippen molar-refractivity contribution in [1.29, 1.82) is 0 Å². The molecule has 212 valence electrons. The molecule has 2 atom stereocenters. The number of nitrogens with one attached hydrogen (secondary N) is 2. The van der Waals surface area contributed by atoms with Crippen molar-refractivity contribution in [2.45, 2.75) is 51.1 Å². The summed E-state index contributed by atoms with van der Waals surface area (Å²) in [6, 6.07) is 7.89. The van der Waals surface area contributed by atoms with Crippen LogP contribution in [0, 0.1) is 0 Å². The number of anilines is 3. The van der Waals surface area contributed by atoms with Gasteiger partial charge in [-0.15, -0.1) is 0 Å². The Morgan fingerprint density at radius 3 is 2.52 bits per heavy atom. The molecule has 1 saturated heterocycles. The molecule has 3 aromatic rings. The standard InChI is InChI=1S/C26H28F3N7O3S/c1-16-11-21(8-10-36(16)24(37)17-7-9-30-23(12-17)34-40(2,38)39)35-14-18-13-31-25(33-22(18)15-35)32-20-5-3-19(4-6-20)26(27,28)29/h3-7,9,12-13,16,21H,8,10-11,14-15H2,1-2H3,(H,30,34)(H,31,32,33)/t16-,21+/m1/s1. The maximum atomic E-state index is 13.2. The second-order valence-corrected chi connectivity index (χ2v) is 11.8. The number of nitrogens with zero attached hydrogens (tertiary/aromatic N) is 5. The molecule has 0 saturated carbocycles. The molecule has 1 fully saturated rings. The van der Waals surface area contributed by atoms with Crippen molar-refractivity contribution in [1.82, 2.24) is 24.8 Å². The highest BCUT2D eigenvalue weighted by atomic mass is 32.2. The highest BCUT2D eigenvalue weighted by Crippen LogP contribution is 2.32. The van der Waals surface area contributed by atoms with Crippen molar-refractivity contribution in [3.8, 4) is 0 Å². The number of carbonyl (C=O) groups is 1. The number of rotatable bonds is 6. The van der Waals surface area contributed by atoms with E-state index in [4.69, 9.17) is 0 Å². The topological polar surface area (TPSA) is 120 Å². The normalized spacial score (nSPS) is 19.8. The summed E-state index contributed by atoms with van der Waals surface area (Å²) in [4.78, 5) is 30.2. The molecule has 40 heavy (non-hydrogen) atoms. The minimum Gasteiger partial charge on any atom is -0.336 e. The molecule has 14 heteroatoms. The molecule has 2 N–H and O–H groups in total. The number of aromatic nitrogens is 3. The van der Waals surface area contributed by atoms with E-state index in [1.165, 1.54) is 24.4 Å². The van der Waals surface area contributed by atoms with Gasteiger partial charge in [0, 0.05) is 60.9 Å². The zero-order valence-electron chi connectivity index (χ0n) is 21.8. The fraction of sp³-hybridized carbons (Fsp3) is 0.385. The number of alkyl halides is 3. The van der Waals surface area contributed by atoms with Crippen LogP contribution in [0.1, 0.15) is 46.9 Å². The lowest BCUT2D eigenvalue weighted by atomic mass is 9.96. The van der Waals surface area contributed by atoms with Crippen LogP contribution in [0.4, 0.5) is 30.6 Å². The van der Waals surface area contributed by atoms with E-state index in [-0.39, 0.29) is 23.8 Å². The van der Waals surface area contributed by atoms with E-state index in [2.05, 4.69) is 29.9 Å². The van der Waals surface area contributed by atoms with E-state index in [1.54, 1.807) is 17.2 Å². The first-order chi connectivity index (χ1) is 18.9. The first-order valence-electron chi connectivity index (χ1n) is 12.6. The average Bonchev–Trinajstić information content (AvgIpc) is 3.31. The molecule has 5 rings (SSSR count). The number of fused-ring (bicyclic) bond motifs is 1. The maximum Gasteiger partial charge on any atom is 0.416 e. The molecule has 2 aliphatic heterocycles. The lowest BCUT2D eigenvalue weighted by molar-refractivity contribution is -0.137. The third-order valence-corrected chi connectivity index (χ3v) is 7.65. The molecule has 0 bridgehead atoms. The maximum absolute atomic E-state index is 13.2. The number of sulfonamides is 1. The summed E-state index contributed by atoms with van der Waals surface area (Å²) < 4.78 is 63.8. The van der Waals surface area contributed by atoms with Gasteiger partial charge in [0.25, 0.3) is 5.91 Å². The van der Waals surface area contributed by atoms with Crippen LogP contribution < -0.4 is 10.0 Å². The fourth-order valence-electron chi connectivity index (χ4n) is 5.12. The Morgan fingerprint density at radius 1 is 1.10 bits per heavy atom. The van der Waals surface area contributed by atoms with Gasteiger partial charge in [-0.25, -0.2) is 23.4 Å². The molecule has 1 aromatic carbocycles. The highest BCUT2D eigenvalue weighted by molar-refractivity contribution is 7.92. The number of hydrogen-bond donors (Lipinski definition) is 2. The van der Waals surface area contributed by atoms with E-state index in [0.717, 1.165) is 42.5 Å². The van der Waals surface area contributed by atoms with Gasteiger partial charge in [0.05, 0.1) is 17.5 Å². The summed E-state index contributed by atoms with van der Waals surface area (Å²) in [6.07, 6.45) is 1.28. The van der Waals surface area contributed by atoms with Gasteiger partial charge >= 0.3 is 6.18 Å². The minimum atomic E-state index is -4.40. The van der Waals surface area contributed by atoms with Gasteiger partial charge in [-0.2, -0.15) is 13.2 Å². The van der Waals surface area contributed by atoms with E-state index < -0.39 is 21.8 Å². The molecule has 0 radical (unpaired) electrons. The summed E-state index contributed by atoms with van der Waals surface area (Å²) >= 11 is 0. The SMILES string of the molecule is C[C@@H]1C[C@@H](N2Cc3cnc(Nc4ccc(C(F)(F)F)cc4)nc3C2)CCN1C(=O)c1ccnc(NS(C)(=O)=O)c1. The van der Waals surface area contributed by atoms with E-state index >= 15 is 0 Å². The largest absolute Gasteiger partial charge is 0.416 e. The Labute approximate surface area is 229 Å². The summed E-state index contributed by atoms with van der Waals surface area (Å²) in [5.74, 6) is 0.231. The Bertz CT molecular complexity index is 1520. The number of likely N-dealkylation sites (tertiary alicyclic amines) is 1. The number of halogens is 3. The third kappa shape index (κ3) is 6.33. The zero-order chi connectivity index (χ0) is 28.7. The van der Waals surface area contributed by atoms with E-state index in [1.807, 2.05) is 6.92 Å². The van der Waals surface area contributed by atoms with Gasteiger partial charge in [-0.05, 0) is 56.2 Å². The summed E-state index contributed by atoms with van der Waals surface area (Å²) in [5, 5.41) is 2.97. The van der Waals surface area contributed by atoms with Crippen LogP contribution in [-0.4, -0.2) is 64.0 Å². The number of benzene rings is 1. The van der Waals surface area contributed by atoms with Gasteiger partial charge < -0.3 is 10.2 Å². The predicted molar refractivity (Wildman–Crippen MR) is 142 cm³/mol. The molecule has 4 heterocycles. The third-order valence-electron chi connectivity index (χ3n) is 7.07. The number of carbonyl (C=O) groups excluding carboxylic acids is 1. The van der Waals surface area contributed by atoms with Crippen LogP contribution in [0.3, 0.4) is 0 Å². The number of hydrogen-bond acceptors (Lipinski definition) is 8. The number of pyridine rings is 1. The molecule has 2 aliphatic rings. The van der Waals surface area contributed by atoms with Crippen LogP contribution in [0.5, 0.6) is 0 Å². The molecule has 10 nitrogen and oxygen atoms in total. The van der Waals surface area contributed by atoms with Crippen molar-refractivity contribution in [2.75, 3.05) is 22.8 Å². The molecular formula is C26H28F3N7O3S. The van der Waals surface area contributed by atoms with Gasteiger partial charge in [-0.3, -0.25) is 14.4 Å². The van der Waals surface area contributed by atoms with Crippen molar-refractivity contribution < 1.29 is 26.4 Å². The summed E-state index contributed by atoms with van der Waals surface area (Å²) in [5.41, 5.74) is 1.95. The molecule has 0 unspecified atom stereocenters. The highest BCUT2D eigenvalue weighted by Gasteiger charge is 2.35. The predicted octanol–water partition coefficient (Wildman–Crippen LogP) is 4.01. The van der Waals surface area contributed by atoms with Crippen molar-refractivity contribution >= 4 is 33.4 Å². The molecule has 2 aromatic heterocycles. The second-order valence-electron chi connectivity index (χ2n) is 10.1. The van der Waals surface area contributed by atoms with Gasteiger partial charge in [0.15, 0.2) is 0 Å². The monoisotopic (exact) mass is 575 g/mol. The number of piperidine rings is 1. The first kappa shape index (κ1) is 27.8. The van der Waals surface area contributed by atoms with Gasteiger partial charge in [-0.1, -0.05) is 0 Å². The number of amides is 1. The Hall–Kier alpha value is -3.78. The second kappa shape index (κ2) is 10.7.